The summed E-state index contributed by atoms with van der Waals surface area (Å²) in [5, 5.41) is 0. The molecule has 0 nitrogen and oxygen atoms in total. The zero-order valence-corrected chi connectivity index (χ0v) is 12.4. The fourth-order valence-corrected chi connectivity index (χ4v) is 4.52. The van der Waals surface area contributed by atoms with Gasteiger partial charge in [0.15, 0.2) is 0 Å². The number of hydrogen-bond acceptors (Lipinski definition) is 1. The fraction of sp³-hybridized carbons (Fsp3) is 0.714. The van der Waals surface area contributed by atoms with Crippen molar-refractivity contribution in [3.05, 3.63) is 21.9 Å². The first-order valence-corrected chi connectivity index (χ1v) is 8.21. The van der Waals surface area contributed by atoms with Crippen LogP contribution in [0.4, 0.5) is 0 Å². The number of halogens is 1. The molecule has 2 rings (SSSR count). The molecule has 0 spiro atoms. The van der Waals surface area contributed by atoms with Crippen molar-refractivity contribution in [3.8, 4) is 0 Å². The van der Waals surface area contributed by atoms with Crippen LogP contribution in [0.5, 0.6) is 0 Å². The minimum absolute atomic E-state index is 0.601. The standard InChI is InChI=1S/C14H21BrS/c1-11-9-10-13(16-11)14(15)12-7-5-3-2-4-6-8-12/h9-10,12,14H,2-8H2,1H3. The molecule has 1 atom stereocenters. The van der Waals surface area contributed by atoms with E-state index in [9.17, 15) is 0 Å². The fourth-order valence-electron chi connectivity index (χ4n) is 2.61. The van der Waals surface area contributed by atoms with Crippen LogP contribution in [0.3, 0.4) is 0 Å². The maximum Gasteiger partial charge on any atom is 0.0517 e. The lowest BCUT2D eigenvalue weighted by Gasteiger charge is -2.23. The molecule has 1 aliphatic carbocycles. The van der Waals surface area contributed by atoms with Crippen molar-refractivity contribution < 1.29 is 0 Å². The number of aryl methyl sites for hydroxylation is 1. The molecule has 0 bridgehead atoms. The second-order valence-electron chi connectivity index (χ2n) is 4.96. The summed E-state index contributed by atoms with van der Waals surface area (Å²) in [5.41, 5.74) is 0. The van der Waals surface area contributed by atoms with Gasteiger partial charge < -0.3 is 0 Å². The lowest BCUT2D eigenvalue weighted by atomic mass is 9.88. The van der Waals surface area contributed by atoms with E-state index in [4.69, 9.17) is 0 Å². The number of alkyl halides is 1. The van der Waals surface area contributed by atoms with E-state index < -0.39 is 0 Å². The van der Waals surface area contributed by atoms with Gasteiger partial charge in [-0.15, -0.1) is 11.3 Å². The molecule has 1 unspecified atom stereocenters. The Bertz CT molecular complexity index is 310. The van der Waals surface area contributed by atoms with E-state index in [1.165, 1.54) is 54.7 Å². The summed E-state index contributed by atoms with van der Waals surface area (Å²) < 4.78 is 0. The molecule has 1 aromatic rings. The molecule has 1 fully saturated rings. The smallest absolute Gasteiger partial charge is 0.0517 e. The molecule has 1 heterocycles. The van der Waals surface area contributed by atoms with E-state index in [0.717, 1.165) is 5.92 Å². The van der Waals surface area contributed by atoms with E-state index in [-0.39, 0.29) is 0 Å². The van der Waals surface area contributed by atoms with Crippen LogP contribution >= 0.6 is 27.3 Å². The van der Waals surface area contributed by atoms with E-state index >= 15 is 0 Å². The highest BCUT2D eigenvalue weighted by molar-refractivity contribution is 9.09. The summed E-state index contributed by atoms with van der Waals surface area (Å²) >= 11 is 5.89. The average Bonchev–Trinajstić information content (AvgIpc) is 2.63. The molecule has 1 saturated carbocycles. The van der Waals surface area contributed by atoms with Crippen LogP contribution in [0.1, 0.15) is 59.5 Å². The molecule has 1 aromatic heterocycles. The Balaban J connectivity index is 1.98. The van der Waals surface area contributed by atoms with Crippen LogP contribution in [0, 0.1) is 12.8 Å². The zero-order chi connectivity index (χ0) is 11.4. The first-order chi connectivity index (χ1) is 7.77. The monoisotopic (exact) mass is 300 g/mol. The Morgan fingerprint density at radius 1 is 1.12 bits per heavy atom. The molecule has 1 aliphatic rings. The highest BCUT2D eigenvalue weighted by Crippen LogP contribution is 2.41. The number of thiophene rings is 1. The van der Waals surface area contributed by atoms with Gasteiger partial charge in [-0.2, -0.15) is 0 Å². The Morgan fingerprint density at radius 2 is 1.75 bits per heavy atom. The molecular formula is C14H21BrS. The van der Waals surface area contributed by atoms with Gasteiger partial charge >= 0.3 is 0 Å². The predicted octanol–water partition coefficient (Wildman–Crippen LogP) is 5.85. The van der Waals surface area contributed by atoms with Gasteiger partial charge in [0.1, 0.15) is 0 Å². The Kier molecular flexibility index (Phi) is 4.90. The highest BCUT2D eigenvalue weighted by Gasteiger charge is 2.22. The van der Waals surface area contributed by atoms with Gasteiger partial charge in [-0.25, -0.2) is 0 Å². The van der Waals surface area contributed by atoms with Gasteiger partial charge in [0, 0.05) is 9.75 Å². The second kappa shape index (κ2) is 6.20. The van der Waals surface area contributed by atoms with Gasteiger partial charge in [0.05, 0.1) is 4.83 Å². The molecule has 0 N–H and O–H groups in total. The van der Waals surface area contributed by atoms with Crippen molar-refractivity contribution in [3.63, 3.8) is 0 Å². The SMILES string of the molecule is Cc1ccc(C(Br)C2CCCCCCC2)s1. The van der Waals surface area contributed by atoms with Crippen LogP contribution in [0.25, 0.3) is 0 Å². The normalized spacial score (nSPS) is 21.4. The largest absolute Gasteiger partial charge is 0.145 e. The van der Waals surface area contributed by atoms with Gasteiger partial charge in [-0.05, 0) is 37.8 Å². The van der Waals surface area contributed by atoms with E-state index in [2.05, 4.69) is 35.0 Å². The van der Waals surface area contributed by atoms with Gasteiger partial charge in [0.2, 0.25) is 0 Å². The Hall–Kier alpha value is 0.180. The molecule has 0 aliphatic heterocycles. The molecule has 0 saturated heterocycles. The van der Waals surface area contributed by atoms with Gasteiger partial charge in [-0.3, -0.25) is 0 Å². The quantitative estimate of drug-likeness (QED) is 0.601. The van der Waals surface area contributed by atoms with Crippen LogP contribution in [0.15, 0.2) is 12.1 Å². The van der Waals surface area contributed by atoms with Crippen molar-refractivity contribution in [2.75, 3.05) is 0 Å². The Morgan fingerprint density at radius 3 is 2.31 bits per heavy atom. The summed E-state index contributed by atoms with van der Waals surface area (Å²) in [5.74, 6) is 0.860. The minimum atomic E-state index is 0.601. The summed E-state index contributed by atoms with van der Waals surface area (Å²) in [7, 11) is 0. The molecule has 90 valence electrons. The average molecular weight is 301 g/mol. The van der Waals surface area contributed by atoms with Crippen LogP contribution in [-0.4, -0.2) is 0 Å². The maximum absolute atomic E-state index is 3.93. The molecule has 0 aromatic carbocycles. The van der Waals surface area contributed by atoms with Crippen molar-refractivity contribution in [2.45, 2.75) is 56.7 Å². The van der Waals surface area contributed by atoms with E-state index in [0.29, 0.717) is 4.83 Å². The lowest BCUT2D eigenvalue weighted by Crippen LogP contribution is -2.09. The zero-order valence-electron chi connectivity index (χ0n) is 10.0. The first-order valence-electron chi connectivity index (χ1n) is 6.48. The molecule has 16 heavy (non-hydrogen) atoms. The third-order valence-corrected chi connectivity index (χ3v) is 6.22. The first kappa shape index (κ1) is 12.6. The Labute approximate surface area is 112 Å². The maximum atomic E-state index is 3.93. The van der Waals surface area contributed by atoms with Gasteiger partial charge in [0.25, 0.3) is 0 Å². The van der Waals surface area contributed by atoms with E-state index in [1.54, 1.807) is 0 Å². The van der Waals surface area contributed by atoms with Crippen molar-refractivity contribution >= 4 is 27.3 Å². The summed E-state index contributed by atoms with van der Waals surface area (Å²) in [6, 6.07) is 4.55. The van der Waals surface area contributed by atoms with Crippen LogP contribution in [0.2, 0.25) is 0 Å². The summed E-state index contributed by atoms with van der Waals surface area (Å²) in [4.78, 5) is 3.57. The third kappa shape index (κ3) is 3.33. The third-order valence-electron chi connectivity index (χ3n) is 3.60. The number of rotatable bonds is 2. The van der Waals surface area contributed by atoms with Crippen molar-refractivity contribution in [1.29, 1.82) is 0 Å². The van der Waals surface area contributed by atoms with E-state index in [1.807, 2.05) is 11.3 Å². The van der Waals surface area contributed by atoms with Crippen LogP contribution in [-0.2, 0) is 0 Å². The molecule has 2 heteroatoms. The second-order valence-corrected chi connectivity index (χ2v) is 7.26. The summed E-state index contributed by atoms with van der Waals surface area (Å²) in [6.45, 7) is 2.20. The molecule has 0 amide bonds. The molecule has 0 radical (unpaired) electrons. The van der Waals surface area contributed by atoms with Crippen LogP contribution < -0.4 is 0 Å². The van der Waals surface area contributed by atoms with Crippen molar-refractivity contribution in [2.24, 2.45) is 5.92 Å². The predicted molar refractivity (Wildman–Crippen MR) is 76.5 cm³/mol. The molecular weight excluding hydrogens is 280 g/mol. The highest BCUT2D eigenvalue weighted by atomic mass is 79.9. The van der Waals surface area contributed by atoms with Gasteiger partial charge in [-0.1, -0.05) is 48.0 Å². The lowest BCUT2D eigenvalue weighted by molar-refractivity contribution is 0.376. The minimum Gasteiger partial charge on any atom is -0.145 e. The van der Waals surface area contributed by atoms with Crippen molar-refractivity contribution in [1.82, 2.24) is 0 Å². The summed E-state index contributed by atoms with van der Waals surface area (Å²) in [6.07, 6.45) is 10.0. The topological polar surface area (TPSA) is 0 Å². The number of hydrogen-bond donors (Lipinski definition) is 0.